The predicted molar refractivity (Wildman–Crippen MR) is 63.1 cm³/mol. The van der Waals surface area contributed by atoms with Gasteiger partial charge in [0.2, 0.25) is 0 Å². The highest BCUT2D eigenvalue weighted by Gasteiger charge is 2.06. The summed E-state index contributed by atoms with van der Waals surface area (Å²) < 4.78 is 13.3. The topological polar surface area (TPSA) is 26.0 Å². The maximum absolute atomic E-state index is 12.8. The lowest BCUT2D eigenvalue weighted by molar-refractivity contribution is 0.618. The highest BCUT2D eigenvalue weighted by molar-refractivity contribution is 9.10. The molecule has 1 rings (SSSR count). The van der Waals surface area contributed by atoms with E-state index in [9.17, 15) is 4.39 Å². The molecule has 1 aromatic rings. The van der Waals surface area contributed by atoms with E-state index in [1.165, 1.54) is 6.07 Å². The second kappa shape index (κ2) is 6.17. The van der Waals surface area contributed by atoms with Gasteiger partial charge in [-0.15, -0.1) is 19.0 Å². The molecule has 4 heteroatoms. The molecular weight excluding hydrogens is 268 g/mol. The predicted octanol–water partition coefficient (Wildman–Crippen LogP) is 3.59. The zero-order valence-corrected chi connectivity index (χ0v) is 9.94. The van der Waals surface area contributed by atoms with Crippen molar-refractivity contribution >= 4 is 28.3 Å². The lowest BCUT2D eigenvalue weighted by atomic mass is 10.1. The number of halogens is 3. The average Bonchev–Trinajstić information content (AvgIpc) is 2.10. The summed E-state index contributed by atoms with van der Waals surface area (Å²) in [6, 6.07) is 4.69. The molecule has 14 heavy (non-hydrogen) atoms. The van der Waals surface area contributed by atoms with Gasteiger partial charge < -0.3 is 5.73 Å². The van der Waals surface area contributed by atoms with E-state index < -0.39 is 0 Å². The number of nitrogens with two attached hydrogens (primary N) is 1. The standard InChI is InChI=1S/C10H11BrFN.ClH/c1-2-3-10(13)7-4-5-9(12)8(11)6-7;/h2,4-6,10H,1,3,13H2;1H/t10-;/m0./s1. The Morgan fingerprint density at radius 1 is 1.57 bits per heavy atom. The van der Waals surface area contributed by atoms with Crippen LogP contribution in [0.25, 0.3) is 0 Å². The zero-order valence-electron chi connectivity index (χ0n) is 7.54. The largest absolute Gasteiger partial charge is 0.324 e. The van der Waals surface area contributed by atoms with Gasteiger partial charge >= 0.3 is 0 Å². The maximum atomic E-state index is 12.8. The molecule has 1 atom stereocenters. The van der Waals surface area contributed by atoms with Gasteiger partial charge in [-0.1, -0.05) is 12.1 Å². The number of hydrogen-bond donors (Lipinski definition) is 1. The molecule has 0 aliphatic carbocycles. The average molecular weight is 281 g/mol. The van der Waals surface area contributed by atoms with Gasteiger partial charge in [-0.3, -0.25) is 0 Å². The molecule has 0 aromatic heterocycles. The molecule has 78 valence electrons. The van der Waals surface area contributed by atoms with Gasteiger partial charge in [0.15, 0.2) is 0 Å². The SMILES string of the molecule is C=CC[C@H](N)c1ccc(F)c(Br)c1.Cl. The molecule has 0 aliphatic heterocycles. The van der Waals surface area contributed by atoms with Crippen molar-refractivity contribution in [2.75, 3.05) is 0 Å². The number of hydrogen-bond acceptors (Lipinski definition) is 1. The molecule has 1 nitrogen and oxygen atoms in total. The van der Waals surface area contributed by atoms with Crippen molar-refractivity contribution < 1.29 is 4.39 Å². The summed E-state index contributed by atoms with van der Waals surface area (Å²) in [5.74, 6) is -0.269. The first-order valence-corrected chi connectivity index (χ1v) is 4.76. The molecule has 0 saturated carbocycles. The number of rotatable bonds is 3. The summed E-state index contributed by atoms with van der Waals surface area (Å²) >= 11 is 3.11. The smallest absolute Gasteiger partial charge is 0.137 e. The van der Waals surface area contributed by atoms with E-state index in [0.717, 1.165) is 5.56 Å². The van der Waals surface area contributed by atoms with E-state index in [-0.39, 0.29) is 24.3 Å². The Bertz CT molecular complexity index is 317. The van der Waals surface area contributed by atoms with Crippen LogP contribution in [0.5, 0.6) is 0 Å². The molecule has 2 N–H and O–H groups in total. The molecule has 0 aliphatic rings. The van der Waals surface area contributed by atoms with Crippen LogP contribution < -0.4 is 5.73 Å². The summed E-state index contributed by atoms with van der Waals surface area (Å²) in [5.41, 5.74) is 6.72. The molecule has 0 saturated heterocycles. The zero-order chi connectivity index (χ0) is 9.84. The van der Waals surface area contributed by atoms with E-state index >= 15 is 0 Å². The van der Waals surface area contributed by atoms with Crippen LogP contribution in [0.1, 0.15) is 18.0 Å². The molecule has 0 spiro atoms. The Hall–Kier alpha value is -0.380. The van der Waals surface area contributed by atoms with Crippen molar-refractivity contribution in [1.82, 2.24) is 0 Å². The van der Waals surface area contributed by atoms with Crippen LogP contribution in [-0.4, -0.2) is 0 Å². The third kappa shape index (κ3) is 3.40. The fourth-order valence-electron chi connectivity index (χ4n) is 1.06. The first kappa shape index (κ1) is 13.6. The van der Waals surface area contributed by atoms with Gasteiger partial charge in [0.25, 0.3) is 0 Å². The van der Waals surface area contributed by atoms with Crippen LogP contribution in [-0.2, 0) is 0 Å². The highest BCUT2D eigenvalue weighted by atomic mass is 79.9. The summed E-state index contributed by atoms with van der Waals surface area (Å²) in [7, 11) is 0. The second-order valence-corrected chi connectivity index (χ2v) is 3.66. The Morgan fingerprint density at radius 2 is 2.21 bits per heavy atom. The van der Waals surface area contributed by atoms with Crippen LogP contribution in [0, 0.1) is 5.82 Å². The van der Waals surface area contributed by atoms with Crippen molar-refractivity contribution in [3.05, 3.63) is 46.7 Å². The Labute approximate surface area is 97.7 Å². The van der Waals surface area contributed by atoms with Gasteiger partial charge in [0.05, 0.1) is 4.47 Å². The van der Waals surface area contributed by atoms with Crippen molar-refractivity contribution in [1.29, 1.82) is 0 Å². The minimum absolute atomic E-state index is 0. The van der Waals surface area contributed by atoms with E-state index in [0.29, 0.717) is 10.9 Å². The van der Waals surface area contributed by atoms with Gasteiger partial charge in [-0.2, -0.15) is 0 Å². The fourth-order valence-corrected chi connectivity index (χ4v) is 1.46. The van der Waals surface area contributed by atoms with Crippen molar-refractivity contribution in [2.24, 2.45) is 5.73 Å². The molecule has 1 aromatic carbocycles. The van der Waals surface area contributed by atoms with Crippen LogP contribution in [0.2, 0.25) is 0 Å². The molecule has 0 fully saturated rings. The third-order valence-electron chi connectivity index (χ3n) is 1.79. The summed E-state index contributed by atoms with van der Waals surface area (Å²) in [5, 5.41) is 0. The lowest BCUT2D eigenvalue weighted by Gasteiger charge is -2.09. The van der Waals surface area contributed by atoms with Crippen LogP contribution in [0.3, 0.4) is 0 Å². The molecule has 0 bridgehead atoms. The van der Waals surface area contributed by atoms with Crippen LogP contribution in [0.4, 0.5) is 4.39 Å². The van der Waals surface area contributed by atoms with E-state index in [1.54, 1.807) is 18.2 Å². The van der Waals surface area contributed by atoms with Gasteiger partial charge in [-0.25, -0.2) is 4.39 Å². The normalized spacial score (nSPS) is 11.6. The monoisotopic (exact) mass is 279 g/mol. The number of benzene rings is 1. The Kier molecular flexibility index (Phi) is 6.00. The third-order valence-corrected chi connectivity index (χ3v) is 2.40. The minimum Gasteiger partial charge on any atom is -0.324 e. The van der Waals surface area contributed by atoms with Crippen molar-refractivity contribution in [3.63, 3.8) is 0 Å². The molecular formula is C10H12BrClFN. The van der Waals surface area contributed by atoms with Crippen LogP contribution >= 0.6 is 28.3 Å². The lowest BCUT2D eigenvalue weighted by Crippen LogP contribution is -2.08. The Morgan fingerprint density at radius 3 is 2.71 bits per heavy atom. The molecule has 0 heterocycles. The molecule has 0 amide bonds. The first-order chi connectivity index (χ1) is 6.15. The minimum atomic E-state index is -0.269. The highest BCUT2D eigenvalue weighted by Crippen LogP contribution is 2.21. The molecule has 0 radical (unpaired) electrons. The van der Waals surface area contributed by atoms with E-state index in [2.05, 4.69) is 22.5 Å². The second-order valence-electron chi connectivity index (χ2n) is 2.80. The van der Waals surface area contributed by atoms with E-state index in [1.807, 2.05) is 0 Å². The fraction of sp³-hybridized carbons (Fsp3) is 0.200. The Balaban J connectivity index is 0.00000169. The summed E-state index contributed by atoms with van der Waals surface area (Å²) in [4.78, 5) is 0. The van der Waals surface area contributed by atoms with Gasteiger partial charge in [0.1, 0.15) is 5.82 Å². The first-order valence-electron chi connectivity index (χ1n) is 3.96. The van der Waals surface area contributed by atoms with Crippen molar-refractivity contribution in [3.8, 4) is 0 Å². The maximum Gasteiger partial charge on any atom is 0.137 e. The summed E-state index contributed by atoms with van der Waals surface area (Å²) in [6.07, 6.45) is 2.44. The molecule has 0 unspecified atom stereocenters. The van der Waals surface area contributed by atoms with Crippen molar-refractivity contribution in [2.45, 2.75) is 12.5 Å². The van der Waals surface area contributed by atoms with Crippen LogP contribution in [0.15, 0.2) is 35.3 Å². The quantitative estimate of drug-likeness (QED) is 0.841. The summed E-state index contributed by atoms with van der Waals surface area (Å²) in [6.45, 7) is 3.60. The van der Waals surface area contributed by atoms with Gasteiger partial charge in [0, 0.05) is 6.04 Å². The van der Waals surface area contributed by atoms with E-state index in [4.69, 9.17) is 5.73 Å². The van der Waals surface area contributed by atoms with Gasteiger partial charge in [-0.05, 0) is 40.0 Å².